The molecule has 0 unspecified atom stereocenters. The second-order valence-corrected chi connectivity index (χ2v) is 12.9. The number of aromatic amines is 1. The van der Waals surface area contributed by atoms with Crippen molar-refractivity contribution in [3.05, 3.63) is 126 Å². The number of nitrogens with one attached hydrogen (secondary N) is 3. The minimum absolute atomic E-state index is 0.0516. The number of imidazole rings is 1. The molecule has 4 heterocycles. The van der Waals surface area contributed by atoms with Crippen LogP contribution in [0, 0.1) is 0 Å². The van der Waals surface area contributed by atoms with Gasteiger partial charge in [-0.2, -0.15) is 5.10 Å². The maximum absolute atomic E-state index is 13.0. The fourth-order valence-electron chi connectivity index (χ4n) is 5.01. The number of hydrogen-bond donors (Lipinski definition) is 3. The third kappa shape index (κ3) is 7.12. The van der Waals surface area contributed by atoms with Crippen molar-refractivity contribution in [1.29, 1.82) is 0 Å². The molecule has 0 spiro atoms. The molecule has 49 heavy (non-hydrogen) atoms. The molecule has 1 aliphatic heterocycles. The van der Waals surface area contributed by atoms with E-state index < -0.39 is 18.0 Å². The van der Waals surface area contributed by atoms with Crippen molar-refractivity contribution >= 4 is 69.0 Å². The summed E-state index contributed by atoms with van der Waals surface area (Å²) < 4.78 is 12.6. The van der Waals surface area contributed by atoms with Crippen LogP contribution in [0.15, 0.2) is 116 Å². The molecular weight excluding hydrogens is 667 g/mol. The van der Waals surface area contributed by atoms with E-state index in [-0.39, 0.29) is 24.8 Å². The van der Waals surface area contributed by atoms with E-state index in [2.05, 4.69) is 30.8 Å². The summed E-state index contributed by atoms with van der Waals surface area (Å²) in [6, 6.07) is 23.6. The monoisotopic (exact) mass is 691 g/mol. The topological polar surface area (TPSA) is 172 Å². The molecule has 3 aromatic heterocycles. The third-order valence-electron chi connectivity index (χ3n) is 7.36. The number of ether oxygens (including phenoxy) is 1. The number of fused-ring (bicyclic) bond motifs is 2. The molecule has 0 saturated heterocycles. The van der Waals surface area contributed by atoms with Gasteiger partial charge in [0.2, 0.25) is 0 Å². The number of hydrogen-bond acceptors (Lipinski definition) is 11. The lowest BCUT2D eigenvalue weighted by Crippen LogP contribution is -2.47. The van der Waals surface area contributed by atoms with Crippen LogP contribution >= 0.6 is 23.1 Å². The van der Waals surface area contributed by atoms with Gasteiger partial charge in [0.05, 0.1) is 39.6 Å². The fraction of sp³-hybridized carbons (Fsp3) is 0.0882. The minimum Gasteiger partial charge on any atom is -0.448 e. The average Bonchev–Trinajstić information content (AvgIpc) is 3.92. The van der Waals surface area contributed by atoms with Crippen molar-refractivity contribution in [1.82, 2.24) is 25.7 Å². The van der Waals surface area contributed by atoms with Gasteiger partial charge >= 0.3 is 6.09 Å². The van der Waals surface area contributed by atoms with E-state index in [1.54, 1.807) is 60.8 Å². The highest BCUT2D eigenvalue weighted by atomic mass is 32.2. The molecule has 0 bridgehead atoms. The van der Waals surface area contributed by atoms with Crippen molar-refractivity contribution in [2.75, 3.05) is 4.90 Å². The number of benzene rings is 3. The number of amides is 4. The highest BCUT2D eigenvalue weighted by molar-refractivity contribution is 8.01. The number of aromatic nitrogens is 3. The summed E-state index contributed by atoms with van der Waals surface area (Å²) in [6.07, 6.45) is 3.75. The zero-order valence-corrected chi connectivity index (χ0v) is 27.0. The van der Waals surface area contributed by atoms with E-state index in [9.17, 15) is 19.2 Å². The van der Waals surface area contributed by atoms with Gasteiger partial charge in [-0.1, -0.05) is 42.5 Å². The molecule has 3 aromatic carbocycles. The second kappa shape index (κ2) is 14.0. The summed E-state index contributed by atoms with van der Waals surface area (Å²) in [6.45, 7) is 0.0516. The first kappa shape index (κ1) is 31.5. The molecule has 15 heteroatoms. The number of H-pyrrole nitrogens is 1. The second-order valence-electron chi connectivity index (χ2n) is 10.7. The third-order valence-corrected chi connectivity index (χ3v) is 9.36. The Morgan fingerprint density at radius 3 is 2.55 bits per heavy atom. The van der Waals surface area contributed by atoms with Gasteiger partial charge in [-0.15, -0.1) is 11.3 Å². The summed E-state index contributed by atoms with van der Waals surface area (Å²) in [5, 5.41) is 7.12. The summed E-state index contributed by atoms with van der Waals surface area (Å²) >= 11 is 2.69. The Bertz CT molecular complexity index is 2160. The molecule has 4 amide bonds. The van der Waals surface area contributed by atoms with Crippen molar-refractivity contribution in [2.45, 2.75) is 28.5 Å². The molecule has 0 aliphatic carbocycles. The van der Waals surface area contributed by atoms with Crippen molar-refractivity contribution < 1.29 is 28.3 Å². The Morgan fingerprint density at radius 2 is 1.80 bits per heavy atom. The Hall–Kier alpha value is -6.06. The maximum atomic E-state index is 13.0. The molecule has 1 atom stereocenters. The number of anilines is 1. The Labute approximate surface area is 286 Å². The van der Waals surface area contributed by atoms with Gasteiger partial charge in [-0.05, 0) is 59.8 Å². The molecule has 0 radical (unpaired) electrons. The highest BCUT2D eigenvalue weighted by Crippen LogP contribution is 2.37. The molecule has 0 saturated carbocycles. The molecule has 3 N–H and O–H groups in total. The van der Waals surface area contributed by atoms with E-state index in [0.29, 0.717) is 43.2 Å². The number of hydrazone groups is 1. The molecule has 6 aromatic rings. The lowest BCUT2D eigenvalue weighted by molar-refractivity contribution is -0.123. The van der Waals surface area contributed by atoms with Crippen LogP contribution in [0.4, 0.5) is 10.5 Å². The first-order valence-electron chi connectivity index (χ1n) is 14.8. The fourth-order valence-corrected chi connectivity index (χ4v) is 7.02. The van der Waals surface area contributed by atoms with E-state index in [1.807, 2.05) is 30.3 Å². The standard InChI is InChI=1S/C34H25N7O6S2/c42-30(27(14-21-16-35-19-36-21)38-33(45)46-18-20-6-2-1-3-7-20)40-37-17-23-11-13-29(47-23)49-34-39-26-12-10-22(15-28(26)48-34)41-31(43)24-8-4-5-9-25(24)32(41)44/h1-13,15-17,19,27H,14,18H2,(H,35,36)(H,38,45)(H,40,42)/b37-17-/t27-/m0/s1. The van der Waals surface area contributed by atoms with Crippen LogP contribution in [-0.2, 0) is 22.6 Å². The van der Waals surface area contributed by atoms with Crippen LogP contribution in [0.3, 0.4) is 0 Å². The highest BCUT2D eigenvalue weighted by Gasteiger charge is 2.36. The van der Waals surface area contributed by atoms with Gasteiger partial charge in [0.1, 0.15) is 18.4 Å². The number of rotatable bonds is 11. The molecule has 7 rings (SSSR count). The van der Waals surface area contributed by atoms with Gasteiger partial charge < -0.3 is 19.5 Å². The molecule has 0 fully saturated rings. The van der Waals surface area contributed by atoms with E-state index in [0.717, 1.165) is 10.3 Å². The number of carbonyl (C=O) groups is 4. The number of nitrogens with zero attached hydrogens (tertiary/aromatic N) is 4. The Balaban J connectivity index is 0.965. The minimum atomic E-state index is -1.000. The van der Waals surface area contributed by atoms with Crippen molar-refractivity contribution in [3.8, 4) is 0 Å². The Kier molecular flexibility index (Phi) is 8.99. The summed E-state index contributed by atoms with van der Waals surface area (Å²) in [5.74, 6) is -0.909. The van der Waals surface area contributed by atoms with Crippen LogP contribution in [-0.4, -0.2) is 51.0 Å². The number of alkyl carbamates (subject to hydrolysis) is 1. The number of furan rings is 1. The van der Waals surface area contributed by atoms with Crippen LogP contribution < -0.4 is 15.6 Å². The SMILES string of the molecule is O=C(N[C@@H](Cc1cnc[nH]1)C(=O)N/N=C\c1ccc(Sc2nc3ccc(N4C(=O)c5ccccc5C4=O)cc3s2)o1)OCc1ccccc1. The van der Waals surface area contributed by atoms with Gasteiger partial charge in [-0.25, -0.2) is 25.1 Å². The summed E-state index contributed by atoms with van der Waals surface area (Å²) in [7, 11) is 0. The lowest BCUT2D eigenvalue weighted by Gasteiger charge is -2.16. The zero-order valence-electron chi connectivity index (χ0n) is 25.4. The van der Waals surface area contributed by atoms with Crippen LogP contribution in [0.1, 0.15) is 37.7 Å². The van der Waals surface area contributed by atoms with Gasteiger partial charge in [0.25, 0.3) is 17.7 Å². The average molecular weight is 692 g/mol. The van der Waals surface area contributed by atoms with Crippen LogP contribution in [0.25, 0.3) is 10.2 Å². The number of thiazole rings is 1. The lowest BCUT2D eigenvalue weighted by atomic mass is 10.1. The van der Waals surface area contributed by atoms with E-state index >= 15 is 0 Å². The van der Waals surface area contributed by atoms with Crippen LogP contribution in [0.5, 0.6) is 0 Å². The molecular formula is C34H25N7O6S2. The largest absolute Gasteiger partial charge is 0.448 e. The maximum Gasteiger partial charge on any atom is 0.408 e. The first-order chi connectivity index (χ1) is 23.9. The summed E-state index contributed by atoms with van der Waals surface area (Å²) in [4.78, 5) is 64.0. The number of imide groups is 1. The molecule has 1 aliphatic rings. The smallest absolute Gasteiger partial charge is 0.408 e. The predicted molar refractivity (Wildman–Crippen MR) is 182 cm³/mol. The Morgan fingerprint density at radius 1 is 1.02 bits per heavy atom. The zero-order chi connectivity index (χ0) is 33.7. The van der Waals surface area contributed by atoms with E-state index in [1.165, 1.54) is 40.5 Å². The quantitative estimate of drug-likeness (QED) is 0.0895. The first-order valence-corrected chi connectivity index (χ1v) is 16.5. The number of carbonyl (C=O) groups excluding carboxylic acids is 4. The van der Waals surface area contributed by atoms with Crippen LogP contribution in [0.2, 0.25) is 0 Å². The van der Waals surface area contributed by atoms with Crippen molar-refractivity contribution in [2.24, 2.45) is 5.10 Å². The van der Waals surface area contributed by atoms with Gasteiger partial charge in [-0.3, -0.25) is 14.4 Å². The molecule has 244 valence electrons. The van der Waals surface area contributed by atoms with E-state index in [4.69, 9.17) is 9.15 Å². The normalized spacial score (nSPS) is 13.2. The molecule has 13 nitrogen and oxygen atoms in total. The summed E-state index contributed by atoms with van der Waals surface area (Å²) in [5.41, 5.74) is 5.84. The van der Waals surface area contributed by atoms with Gasteiger partial charge in [0.15, 0.2) is 9.43 Å². The predicted octanol–water partition coefficient (Wildman–Crippen LogP) is 5.55. The van der Waals surface area contributed by atoms with Crippen molar-refractivity contribution in [3.63, 3.8) is 0 Å². The van der Waals surface area contributed by atoms with Gasteiger partial charge in [0, 0.05) is 18.3 Å².